The highest BCUT2D eigenvalue weighted by atomic mass is 16.5. The Labute approximate surface area is 174 Å². The van der Waals surface area contributed by atoms with E-state index in [9.17, 15) is 4.79 Å². The van der Waals surface area contributed by atoms with Crippen molar-refractivity contribution in [2.75, 3.05) is 44.0 Å². The molecule has 8 heteroatoms. The number of likely N-dealkylation sites (N-methyl/N-ethyl adjacent to an activating group) is 1. The van der Waals surface area contributed by atoms with Gasteiger partial charge >= 0.3 is 0 Å². The standard InChI is InChI=1S/C22H25N5O3/c1-14-22(28)25(2)17-11-15(3-5-19(17)30-14)21-18(13-26-7-9-29-10-8-26)27-12-16(23)4-6-20(27)24-21/h3-6,11-12,14H,7-10,13,23H2,1-2H3. The number of anilines is 2. The van der Waals surface area contributed by atoms with E-state index in [-0.39, 0.29) is 5.91 Å². The average Bonchev–Trinajstić information content (AvgIpc) is 3.10. The molecule has 0 aliphatic carbocycles. The summed E-state index contributed by atoms with van der Waals surface area (Å²) in [6.45, 7) is 5.72. The summed E-state index contributed by atoms with van der Waals surface area (Å²) in [6, 6.07) is 9.69. The van der Waals surface area contributed by atoms with Crippen LogP contribution in [0, 0.1) is 0 Å². The van der Waals surface area contributed by atoms with Crippen molar-refractivity contribution in [3.05, 3.63) is 42.2 Å². The summed E-state index contributed by atoms with van der Waals surface area (Å²) in [7, 11) is 1.78. The number of morpholine rings is 1. The summed E-state index contributed by atoms with van der Waals surface area (Å²) in [5.41, 5.74) is 11.2. The second kappa shape index (κ2) is 7.30. The van der Waals surface area contributed by atoms with Crippen LogP contribution in [0.4, 0.5) is 11.4 Å². The molecular weight excluding hydrogens is 382 g/mol. The number of imidazole rings is 1. The first-order valence-electron chi connectivity index (χ1n) is 10.2. The fourth-order valence-corrected chi connectivity index (χ4v) is 4.12. The van der Waals surface area contributed by atoms with Crippen LogP contribution in [-0.4, -0.2) is 59.6 Å². The molecule has 156 valence electrons. The van der Waals surface area contributed by atoms with Crippen LogP contribution in [0.3, 0.4) is 0 Å². The number of amides is 1. The molecule has 1 atom stereocenters. The number of pyridine rings is 1. The van der Waals surface area contributed by atoms with Gasteiger partial charge in [0.15, 0.2) is 6.10 Å². The van der Waals surface area contributed by atoms with Crippen LogP contribution in [0.1, 0.15) is 12.6 Å². The molecule has 5 rings (SSSR count). The molecule has 30 heavy (non-hydrogen) atoms. The zero-order valence-corrected chi connectivity index (χ0v) is 17.2. The second-order valence-electron chi connectivity index (χ2n) is 7.83. The molecule has 3 aromatic rings. The number of hydrogen-bond donors (Lipinski definition) is 1. The molecule has 1 saturated heterocycles. The normalized spacial score (nSPS) is 19.7. The van der Waals surface area contributed by atoms with Gasteiger partial charge in [-0.05, 0) is 37.3 Å². The molecular formula is C22H25N5O3. The van der Waals surface area contributed by atoms with Crippen LogP contribution in [0.15, 0.2) is 36.5 Å². The van der Waals surface area contributed by atoms with Gasteiger partial charge in [0, 0.05) is 44.1 Å². The summed E-state index contributed by atoms with van der Waals surface area (Å²) in [6.07, 6.45) is 1.43. The summed E-state index contributed by atoms with van der Waals surface area (Å²) < 4.78 is 13.3. The first-order valence-corrected chi connectivity index (χ1v) is 10.2. The van der Waals surface area contributed by atoms with E-state index in [1.165, 1.54) is 0 Å². The van der Waals surface area contributed by atoms with Crippen LogP contribution in [-0.2, 0) is 16.1 Å². The SMILES string of the molecule is CC1Oc2ccc(-c3nc4ccc(N)cn4c3CN3CCOCC3)cc2N(C)C1=O. The molecule has 2 N–H and O–H groups in total. The lowest BCUT2D eigenvalue weighted by Crippen LogP contribution is -2.41. The fraction of sp³-hybridized carbons (Fsp3) is 0.364. The Morgan fingerprint density at radius 1 is 1.20 bits per heavy atom. The number of fused-ring (bicyclic) bond motifs is 2. The molecule has 1 aromatic carbocycles. The molecule has 0 radical (unpaired) electrons. The molecule has 2 aliphatic heterocycles. The number of aromatic nitrogens is 2. The lowest BCUT2D eigenvalue weighted by atomic mass is 10.1. The largest absolute Gasteiger partial charge is 0.479 e. The van der Waals surface area contributed by atoms with Crippen LogP contribution in [0.25, 0.3) is 16.9 Å². The Kier molecular flexibility index (Phi) is 4.60. The second-order valence-corrected chi connectivity index (χ2v) is 7.83. The van der Waals surface area contributed by atoms with Gasteiger partial charge in [-0.25, -0.2) is 4.98 Å². The van der Waals surface area contributed by atoms with Gasteiger partial charge < -0.3 is 24.5 Å². The molecule has 8 nitrogen and oxygen atoms in total. The average molecular weight is 407 g/mol. The number of nitrogens with two attached hydrogens (primary N) is 1. The van der Waals surface area contributed by atoms with Crippen molar-refractivity contribution >= 4 is 22.9 Å². The maximum Gasteiger partial charge on any atom is 0.267 e. The minimum Gasteiger partial charge on any atom is -0.479 e. The van der Waals surface area contributed by atoms with E-state index in [1.54, 1.807) is 18.9 Å². The van der Waals surface area contributed by atoms with Crippen molar-refractivity contribution in [1.29, 1.82) is 0 Å². The van der Waals surface area contributed by atoms with Gasteiger partial charge in [-0.2, -0.15) is 0 Å². The van der Waals surface area contributed by atoms with Crippen LogP contribution in [0.2, 0.25) is 0 Å². The van der Waals surface area contributed by atoms with Gasteiger partial charge in [-0.3, -0.25) is 9.69 Å². The number of carbonyl (C=O) groups excluding carboxylic acids is 1. The highest BCUT2D eigenvalue weighted by Gasteiger charge is 2.29. The lowest BCUT2D eigenvalue weighted by molar-refractivity contribution is -0.125. The van der Waals surface area contributed by atoms with Crippen molar-refractivity contribution in [1.82, 2.24) is 14.3 Å². The van der Waals surface area contributed by atoms with E-state index in [0.717, 1.165) is 61.1 Å². The lowest BCUT2D eigenvalue weighted by Gasteiger charge is -2.30. The van der Waals surface area contributed by atoms with Gasteiger partial charge in [0.1, 0.15) is 11.4 Å². The molecule has 2 aromatic heterocycles. The third-order valence-electron chi connectivity index (χ3n) is 5.79. The van der Waals surface area contributed by atoms with Gasteiger partial charge in [0.05, 0.1) is 30.3 Å². The molecule has 0 spiro atoms. The van der Waals surface area contributed by atoms with Gasteiger partial charge in [0.2, 0.25) is 0 Å². The molecule has 1 unspecified atom stereocenters. The monoisotopic (exact) mass is 407 g/mol. The highest BCUT2D eigenvalue weighted by Crippen LogP contribution is 2.38. The van der Waals surface area contributed by atoms with E-state index >= 15 is 0 Å². The number of nitrogen functional groups attached to an aromatic ring is 1. The predicted octanol–water partition coefficient (Wildman–Crippen LogP) is 2.16. The van der Waals surface area contributed by atoms with Crippen molar-refractivity contribution < 1.29 is 14.3 Å². The summed E-state index contributed by atoms with van der Waals surface area (Å²) >= 11 is 0. The van der Waals surface area contributed by atoms with Gasteiger partial charge in [-0.15, -0.1) is 0 Å². The summed E-state index contributed by atoms with van der Waals surface area (Å²) in [4.78, 5) is 21.3. The van der Waals surface area contributed by atoms with E-state index in [0.29, 0.717) is 11.4 Å². The Morgan fingerprint density at radius 2 is 2.00 bits per heavy atom. The zero-order valence-electron chi connectivity index (χ0n) is 17.2. The minimum absolute atomic E-state index is 0.0593. The Bertz CT molecular complexity index is 1120. The van der Waals surface area contributed by atoms with Crippen molar-refractivity contribution in [2.24, 2.45) is 0 Å². The number of rotatable bonds is 3. The van der Waals surface area contributed by atoms with Gasteiger partial charge in [-0.1, -0.05) is 0 Å². The van der Waals surface area contributed by atoms with E-state index in [2.05, 4.69) is 9.30 Å². The molecule has 1 fully saturated rings. The first kappa shape index (κ1) is 18.9. The number of hydrogen-bond acceptors (Lipinski definition) is 6. The van der Waals surface area contributed by atoms with Gasteiger partial charge in [0.25, 0.3) is 5.91 Å². The molecule has 4 heterocycles. The third-order valence-corrected chi connectivity index (χ3v) is 5.79. The predicted molar refractivity (Wildman–Crippen MR) is 115 cm³/mol. The summed E-state index contributed by atoms with van der Waals surface area (Å²) in [5.74, 6) is 0.645. The Morgan fingerprint density at radius 3 is 2.80 bits per heavy atom. The van der Waals surface area contributed by atoms with Crippen LogP contribution < -0.4 is 15.4 Å². The number of benzene rings is 1. The summed E-state index contributed by atoms with van der Waals surface area (Å²) in [5, 5.41) is 0. The van der Waals surface area contributed by atoms with E-state index < -0.39 is 6.10 Å². The molecule has 0 saturated carbocycles. The fourth-order valence-electron chi connectivity index (χ4n) is 4.12. The first-order chi connectivity index (χ1) is 14.5. The van der Waals surface area contributed by atoms with Crippen LogP contribution >= 0.6 is 0 Å². The quantitative estimate of drug-likeness (QED) is 0.716. The molecule has 1 amide bonds. The zero-order chi connectivity index (χ0) is 20.8. The number of carbonyl (C=O) groups is 1. The smallest absolute Gasteiger partial charge is 0.267 e. The Balaban J connectivity index is 1.62. The van der Waals surface area contributed by atoms with Crippen molar-refractivity contribution in [3.63, 3.8) is 0 Å². The maximum atomic E-state index is 12.4. The Hall–Kier alpha value is -3.10. The van der Waals surface area contributed by atoms with E-state index in [4.69, 9.17) is 20.2 Å². The van der Waals surface area contributed by atoms with Crippen molar-refractivity contribution in [2.45, 2.75) is 19.6 Å². The van der Waals surface area contributed by atoms with E-state index in [1.807, 2.05) is 36.5 Å². The van der Waals surface area contributed by atoms with Crippen LogP contribution in [0.5, 0.6) is 5.75 Å². The number of ether oxygens (including phenoxy) is 2. The maximum absolute atomic E-state index is 12.4. The molecule has 0 bridgehead atoms. The highest BCUT2D eigenvalue weighted by molar-refractivity contribution is 6.00. The number of nitrogens with zero attached hydrogens (tertiary/aromatic N) is 4. The topological polar surface area (TPSA) is 85.3 Å². The van der Waals surface area contributed by atoms with Crippen molar-refractivity contribution in [3.8, 4) is 17.0 Å². The third kappa shape index (κ3) is 3.18. The minimum atomic E-state index is -0.483. The molecule has 2 aliphatic rings.